The third-order valence-electron chi connectivity index (χ3n) is 5.52. The molecule has 0 spiro atoms. The summed E-state index contributed by atoms with van der Waals surface area (Å²) in [6.07, 6.45) is 1.18. The SMILES string of the molecule is CCn1c(Cc2ccccc2)nnc1SCC(=O)N(Cc1cccs1)C1CCS(=O)(=O)C1. The molecule has 1 unspecified atom stereocenters. The molecule has 0 bridgehead atoms. The zero-order valence-electron chi connectivity index (χ0n) is 17.9. The molecular weight excluding hydrogens is 464 g/mol. The van der Waals surface area contributed by atoms with E-state index in [1.165, 1.54) is 11.8 Å². The molecule has 32 heavy (non-hydrogen) atoms. The lowest BCUT2D eigenvalue weighted by atomic mass is 10.1. The highest BCUT2D eigenvalue weighted by Gasteiger charge is 2.35. The molecule has 0 aliphatic carbocycles. The number of aromatic nitrogens is 3. The average molecular weight is 491 g/mol. The van der Waals surface area contributed by atoms with Crippen LogP contribution in [0.25, 0.3) is 0 Å². The first-order chi connectivity index (χ1) is 15.4. The summed E-state index contributed by atoms with van der Waals surface area (Å²) < 4.78 is 26.1. The van der Waals surface area contributed by atoms with Crippen molar-refractivity contribution >= 4 is 38.8 Å². The summed E-state index contributed by atoms with van der Waals surface area (Å²) in [6, 6.07) is 13.8. The van der Waals surface area contributed by atoms with Crippen molar-refractivity contribution in [2.75, 3.05) is 17.3 Å². The Morgan fingerprint density at radius 2 is 2.03 bits per heavy atom. The average Bonchev–Trinajstić information content (AvgIpc) is 3.51. The van der Waals surface area contributed by atoms with Gasteiger partial charge in [0.05, 0.1) is 23.8 Å². The fourth-order valence-corrected chi connectivity index (χ4v) is 7.22. The smallest absolute Gasteiger partial charge is 0.233 e. The zero-order valence-corrected chi connectivity index (χ0v) is 20.3. The van der Waals surface area contributed by atoms with Gasteiger partial charge in [-0.15, -0.1) is 21.5 Å². The fraction of sp³-hybridized carbons (Fsp3) is 0.409. The number of rotatable bonds is 9. The number of thiophene rings is 1. The van der Waals surface area contributed by atoms with Gasteiger partial charge in [0.25, 0.3) is 0 Å². The Bertz CT molecular complexity index is 1140. The van der Waals surface area contributed by atoms with Crippen LogP contribution in [0.1, 0.15) is 29.6 Å². The summed E-state index contributed by atoms with van der Waals surface area (Å²) >= 11 is 2.94. The van der Waals surface area contributed by atoms with E-state index in [2.05, 4.69) is 22.3 Å². The number of carbonyl (C=O) groups excluding carboxylic acids is 1. The van der Waals surface area contributed by atoms with Crippen LogP contribution in [0.2, 0.25) is 0 Å². The van der Waals surface area contributed by atoms with E-state index in [0.29, 0.717) is 31.1 Å². The zero-order chi connectivity index (χ0) is 22.6. The summed E-state index contributed by atoms with van der Waals surface area (Å²) in [6.45, 7) is 3.19. The Kier molecular flexibility index (Phi) is 7.32. The van der Waals surface area contributed by atoms with E-state index in [9.17, 15) is 13.2 Å². The van der Waals surface area contributed by atoms with Crippen molar-refractivity contribution in [1.82, 2.24) is 19.7 Å². The summed E-state index contributed by atoms with van der Waals surface area (Å²) in [5, 5.41) is 11.4. The summed E-state index contributed by atoms with van der Waals surface area (Å²) in [4.78, 5) is 16.0. The summed E-state index contributed by atoms with van der Waals surface area (Å²) in [7, 11) is -3.08. The molecule has 1 fully saturated rings. The lowest BCUT2D eigenvalue weighted by Gasteiger charge is -2.27. The van der Waals surface area contributed by atoms with Gasteiger partial charge in [-0.2, -0.15) is 0 Å². The lowest BCUT2D eigenvalue weighted by molar-refractivity contribution is -0.130. The Morgan fingerprint density at radius 1 is 1.22 bits per heavy atom. The quantitative estimate of drug-likeness (QED) is 0.428. The highest BCUT2D eigenvalue weighted by Crippen LogP contribution is 2.25. The standard InChI is InChI=1S/C22H26N4O3S3/c1-2-25-20(13-17-7-4-3-5-8-17)23-24-22(25)31-15-21(27)26(14-19-9-6-11-30-19)18-10-12-32(28,29)16-18/h3-9,11,18H,2,10,12-16H2,1H3. The summed E-state index contributed by atoms with van der Waals surface area (Å²) in [5.74, 6) is 1.19. The van der Waals surface area contributed by atoms with Gasteiger partial charge >= 0.3 is 0 Å². The maximum absolute atomic E-state index is 13.2. The van der Waals surface area contributed by atoms with Crippen molar-refractivity contribution in [2.24, 2.45) is 0 Å². The highest BCUT2D eigenvalue weighted by molar-refractivity contribution is 7.99. The van der Waals surface area contributed by atoms with E-state index in [1.807, 2.05) is 47.2 Å². The predicted molar refractivity (Wildman–Crippen MR) is 128 cm³/mol. The molecule has 1 saturated heterocycles. The first-order valence-electron chi connectivity index (χ1n) is 10.6. The minimum atomic E-state index is -3.08. The number of amides is 1. The number of benzene rings is 1. The van der Waals surface area contributed by atoms with Gasteiger partial charge in [-0.1, -0.05) is 48.2 Å². The van der Waals surface area contributed by atoms with E-state index in [1.54, 1.807) is 16.2 Å². The highest BCUT2D eigenvalue weighted by atomic mass is 32.2. The minimum absolute atomic E-state index is 0.0428. The van der Waals surface area contributed by atoms with Crippen LogP contribution in [0.3, 0.4) is 0 Å². The van der Waals surface area contributed by atoms with Gasteiger partial charge in [0.1, 0.15) is 5.82 Å². The molecule has 170 valence electrons. The lowest BCUT2D eigenvalue weighted by Crippen LogP contribution is -2.41. The van der Waals surface area contributed by atoms with Gasteiger partial charge in [0.2, 0.25) is 5.91 Å². The van der Waals surface area contributed by atoms with E-state index < -0.39 is 9.84 Å². The molecule has 3 heterocycles. The second kappa shape index (κ2) is 10.2. The van der Waals surface area contributed by atoms with Crippen LogP contribution in [-0.4, -0.2) is 57.3 Å². The van der Waals surface area contributed by atoms with Crippen LogP contribution in [0, 0.1) is 0 Å². The van der Waals surface area contributed by atoms with Crippen LogP contribution in [0.15, 0.2) is 53.0 Å². The number of hydrogen-bond donors (Lipinski definition) is 0. The van der Waals surface area contributed by atoms with Crippen LogP contribution in [0.4, 0.5) is 0 Å². The van der Waals surface area contributed by atoms with Gasteiger partial charge in [0, 0.05) is 23.9 Å². The molecule has 0 radical (unpaired) electrons. The Morgan fingerprint density at radius 3 is 2.69 bits per heavy atom. The van der Waals surface area contributed by atoms with Crippen molar-refractivity contribution < 1.29 is 13.2 Å². The molecule has 1 aliphatic rings. The first-order valence-corrected chi connectivity index (χ1v) is 14.2. The van der Waals surface area contributed by atoms with Crippen molar-refractivity contribution in [1.29, 1.82) is 0 Å². The molecule has 0 N–H and O–H groups in total. The maximum atomic E-state index is 13.2. The van der Waals surface area contributed by atoms with Crippen LogP contribution >= 0.6 is 23.1 Å². The Balaban J connectivity index is 1.45. The monoisotopic (exact) mass is 490 g/mol. The first kappa shape index (κ1) is 23.0. The number of sulfone groups is 1. The summed E-state index contributed by atoms with van der Waals surface area (Å²) in [5.41, 5.74) is 1.16. The van der Waals surface area contributed by atoms with Gasteiger partial charge in [0.15, 0.2) is 15.0 Å². The molecule has 7 nitrogen and oxygen atoms in total. The number of hydrogen-bond acceptors (Lipinski definition) is 7. The third-order valence-corrected chi connectivity index (χ3v) is 9.08. The largest absolute Gasteiger partial charge is 0.333 e. The molecule has 1 aliphatic heterocycles. The molecule has 3 aromatic rings. The normalized spacial score (nSPS) is 17.5. The van der Waals surface area contributed by atoms with E-state index in [4.69, 9.17) is 0 Å². The molecule has 2 aromatic heterocycles. The van der Waals surface area contributed by atoms with Crippen LogP contribution in [-0.2, 0) is 34.1 Å². The number of thioether (sulfide) groups is 1. The molecule has 4 rings (SSSR count). The molecule has 0 saturated carbocycles. The van der Waals surface area contributed by atoms with Crippen molar-refractivity contribution in [2.45, 2.75) is 44.1 Å². The van der Waals surface area contributed by atoms with E-state index >= 15 is 0 Å². The minimum Gasteiger partial charge on any atom is -0.333 e. The van der Waals surface area contributed by atoms with Gasteiger partial charge in [-0.25, -0.2) is 8.42 Å². The maximum Gasteiger partial charge on any atom is 0.233 e. The Labute approximate surface area is 196 Å². The second-order valence-corrected chi connectivity index (χ2v) is 12.0. The molecule has 1 aromatic carbocycles. The van der Waals surface area contributed by atoms with Crippen LogP contribution in [0.5, 0.6) is 0 Å². The fourth-order valence-electron chi connectivity index (χ4n) is 3.87. The van der Waals surface area contributed by atoms with E-state index in [0.717, 1.165) is 16.3 Å². The molecule has 1 amide bonds. The predicted octanol–water partition coefficient (Wildman–Crippen LogP) is 3.26. The second-order valence-electron chi connectivity index (χ2n) is 7.75. The molecular formula is C22H26N4O3S3. The number of nitrogens with zero attached hydrogens (tertiary/aromatic N) is 4. The van der Waals surface area contributed by atoms with Gasteiger partial charge < -0.3 is 9.47 Å². The topological polar surface area (TPSA) is 85.2 Å². The number of carbonyl (C=O) groups is 1. The Hall–Kier alpha value is -2.17. The van der Waals surface area contributed by atoms with Gasteiger partial charge in [-0.05, 0) is 30.4 Å². The van der Waals surface area contributed by atoms with Crippen LogP contribution < -0.4 is 0 Å². The van der Waals surface area contributed by atoms with Crippen molar-refractivity contribution in [3.8, 4) is 0 Å². The van der Waals surface area contributed by atoms with Crippen molar-refractivity contribution in [3.05, 3.63) is 64.1 Å². The van der Waals surface area contributed by atoms with Gasteiger partial charge in [-0.3, -0.25) is 4.79 Å². The molecule has 10 heteroatoms. The van der Waals surface area contributed by atoms with Crippen molar-refractivity contribution in [3.63, 3.8) is 0 Å². The molecule has 1 atom stereocenters. The third kappa shape index (κ3) is 5.60. The van der Waals surface area contributed by atoms with E-state index in [-0.39, 0.29) is 29.2 Å².